The zero-order chi connectivity index (χ0) is 24.6. The number of ketones is 1. The van der Waals surface area contributed by atoms with Crippen LogP contribution in [0.5, 0.6) is 5.75 Å². The number of amides is 1. The zero-order valence-electron chi connectivity index (χ0n) is 20.1. The molecule has 1 amide bonds. The first-order chi connectivity index (χ1) is 17.1. The van der Waals surface area contributed by atoms with Crippen molar-refractivity contribution in [2.75, 3.05) is 46.0 Å². The van der Waals surface area contributed by atoms with E-state index in [-0.39, 0.29) is 11.4 Å². The van der Waals surface area contributed by atoms with Crippen molar-refractivity contribution in [1.29, 1.82) is 0 Å². The largest absolute Gasteiger partial charge is 0.503 e. The normalized spacial score (nSPS) is 19.1. The summed E-state index contributed by atoms with van der Waals surface area (Å²) in [7, 11) is 0. The standard InChI is InChI=1S/C28H32N2O5/c1-2-35-23-11-6-10-22(20-23)26-25(24(31)13-12-21-8-4-3-5-9-21)27(32)28(33)30(26)15-7-14-29-16-18-34-19-17-29/h3-6,8-13,20,26,32H,2,7,14-19H2,1H3/b13-12+. The number of morpholine rings is 1. The van der Waals surface area contributed by atoms with Crippen LogP contribution in [0.25, 0.3) is 6.08 Å². The molecule has 0 spiro atoms. The highest BCUT2D eigenvalue weighted by Crippen LogP contribution is 2.39. The Hall–Kier alpha value is -3.42. The zero-order valence-corrected chi connectivity index (χ0v) is 20.1. The van der Waals surface area contributed by atoms with Crippen LogP contribution in [-0.2, 0) is 14.3 Å². The molecular formula is C28H32N2O5. The highest BCUT2D eigenvalue weighted by Gasteiger charge is 2.42. The molecule has 1 saturated heterocycles. The van der Waals surface area contributed by atoms with Gasteiger partial charge in [-0.2, -0.15) is 0 Å². The van der Waals surface area contributed by atoms with Crippen molar-refractivity contribution < 1.29 is 24.2 Å². The molecule has 2 aliphatic rings. The fourth-order valence-corrected chi connectivity index (χ4v) is 4.54. The molecule has 35 heavy (non-hydrogen) atoms. The fourth-order valence-electron chi connectivity index (χ4n) is 4.54. The molecule has 2 aliphatic heterocycles. The van der Waals surface area contributed by atoms with Gasteiger partial charge in [-0.3, -0.25) is 14.5 Å². The van der Waals surface area contributed by atoms with E-state index in [1.54, 1.807) is 11.0 Å². The van der Waals surface area contributed by atoms with Gasteiger partial charge in [0, 0.05) is 26.2 Å². The van der Waals surface area contributed by atoms with E-state index < -0.39 is 17.7 Å². The van der Waals surface area contributed by atoms with Crippen LogP contribution >= 0.6 is 0 Å². The summed E-state index contributed by atoms with van der Waals surface area (Å²) in [6.45, 7) is 6.80. The third kappa shape index (κ3) is 5.99. The lowest BCUT2D eigenvalue weighted by Crippen LogP contribution is -2.39. The average Bonchev–Trinajstić information content (AvgIpc) is 3.14. The number of aliphatic hydroxyl groups excluding tert-OH is 1. The first-order valence-corrected chi connectivity index (χ1v) is 12.1. The lowest BCUT2D eigenvalue weighted by atomic mass is 9.95. The van der Waals surface area contributed by atoms with Crippen molar-refractivity contribution >= 4 is 17.8 Å². The van der Waals surface area contributed by atoms with Crippen LogP contribution in [-0.4, -0.2) is 72.6 Å². The highest BCUT2D eigenvalue weighted by atomic mass is 16.5. The molecule has 0 aliphatic carbocycles. The molecular weight excluding hydrogens is 444 g/mol. The molecule has 7 nitrogen and oxygen atoms in total. The first-order valence-electron chi connectivity index (χ1n) is 12.1. The van der Waals surface area contributed by atoms with Gasteiger partial charge in [-0.25, -0.2) is 0 Å². The predicted octanol–water partition coefficient (Wildman–Crippen LogP) is 3.79. The third-order valence-electron chi connectivity index (χ3n) is 6.26. The van der Waals surface area contributed by atoms with Gasteiger partial charge >= 0.3 is 0 Å². The average molecular weight is 477 g/mol. The van der Waals surface area contributed by atoms with Gasteiger partial charge in [0.2, 0.25) is 0 Å². The molecule has 184 valence electrons. The lowest BCUT2D eigenvalue weighted by molar-refractivity contribution is -0.129. The summed E-state index contributed by atoms with van der Waals surface area (Å²) >= 11 is 0. The second kappa shape index (κ2) is 11.8. The number of carbonyl (C=O) groups is 2. The van der Waals surface area contributed by atoms with E-state index in [9.17, 15) is 14.7 Å². The maximum absolute atomic E-state index is 13.3. The van der Waals surface area contributed by atoms with Crippen LogP contribution in [0.4, 0.5) is 0 Å². The van der Waals surface area contributed by atoms with E-state index in [4.69, 9.17) is 9.47 Å². The van der Waals surface area contributed by atoms with Gasteiger partial charge in [-0.1, -0.05) is 48.5 Å². The maximum Gasteiger partial charge on any atom is 0.290 e. The number of aliphatic hydroxyl groups is 1. The van der Waals surface area contributed by atoms with Gasteiger partial charge in [0.25, 0.3) is 5.91 Å². The quantitative estimate of drug-likeness (QED) is 0.526. The third-order valence-corrected chi connectivity index (χ3v) is 6.26. The Labute approximate surface area is 206 Å². The number of benzene rings is 2. The van der Waals surface area contributed by atoms with E-state index in [1.807, 2.05) is 61.5 Å². The Morgan fingerprint density at radius 1 is 1.11 bits per heavy atom. The molecule has 1 fully saturated rings. The Bertz CT molecular complexity index is 1090. The molecule has 2 heterocycles. The second-order valence-corrected chi connectivity index (χ2v) is 8.58. The monoisotopic (exact) mass is 476 g/mol. The highest BCUT2D eigenvalue weighted by molar-refractivity contribution is 6.14. The molecule has 4 rings (SSSR count). The predicted molar refractivity (Wildman–Crippen MR) is 134 cm³/mol. The summed E-state index contributed by atoms with van der Waals surface area (Å²) in [5, 5.41) is 10.8. The SMILES string of the molecule is CCOc1cccc(C2C(C(=O)/C=C/c3ccccc3)=C(O)C(=O)N2CCCN2CCOCC2)c1. The minimum absolute atomic E-state index is 0.0993. The van der Waals surface area contributed by atoms with Crippen molar-refractivity contribution in [2.45, 2.75) is 19.4 Å². The van der Waals surface area contributed by atoms with Gasteiger partial charge < -0.3 is 19.5 Å². The number of hydrogen-bond acceptors (Lipinski definition) is 6. The Kier molecular flexibility index (Phi) is 8.34. The summed E-state index contributed by atoms with van der Waals surface area (Å²) in [6, 6.07) is 16.2. The number of hydrogen-bond donors (Lipinski definition) is 1. The fraction of sp³-hybridized carbons (Fsp3) is 0.357. The molecule has 0 aromatic heterocycles. The number of rotatable bonds is 10. The number of allylic oxidation sites excluding steroid dienone is 1. The van der Waals surface area contributed by atoms with Gasteiger partial charge in [0.05, 0.1) is 31.4 Å². The maximum atomic E-state index is 13.3. The smallest absolute Gasteiger partial charge is 0.290 e. The summed E-state index contributed by atoms with van der Waals surface area (Å²) in [5.41, 5.74) is 1.70. The van der Waals surface area contributed by atoms with E-state index in [0.717, 1.165) is 37.2 Å². The van der Waals surface area contributed by atoms with Gasteiger partial charge in [-0.15, -0.1) is 0 Å². The van der Waals surface area contributed by atoms with E-state index in [1.165, 1.54) is 6.08 Å². The van der Waals surface area contributed by atoms with Crippen LogP contribution in [0, 0.1) is 0 Å². The van der Waals surface area contributed by atoms with Gasteiger partial charge in [0.15, 0.2) is 11.5 Å². The molecule has 0 radical (unpaired) electrons. The van der Waals surface area contributed by atoms with E-state index in [0.29, 0.717) is 32.1 Å². The Morgan fingerprint density at radius 3 is 2.63 bits per heavy atom. The van der Waals surface area contributed by atoms with E-state index in [2.05, 4.69) is 4.90 Å². The minimum atomic E-state index is -0.680. The van der Waals surface area contributed by atoms with Crippen molar-refractivity contribution in [3.63, 3.8) is 0 Å². The summed E-state index contributed by atoms with van der Waals surface area (Å²) in [4.78, 5) is 30.4. The van der Waals surface area contributed by atoms with Crippen LogP contribution in [0.1, 0.15) is 30.5 Å². The van der Waals surface area contributed by atoms with Crippen LogP contribution in [0.3, 0.4) is 0 Å². The molecule has 0 bridgehead atoms. The Balaban J connectivity index is 1.59. The molecule has 7 heteroatoms. The number of nitrogens with zero attached hydrogens (tertiary/aromatic N) is 2. The van der Waals surface area contributed by atoms with Crippen molar-refractivity contribution in [1.82, 2.24) is 9.80 Å². The first kappa shape index (κ1) is 24.7. The van der Waals surface area contributed by atoms with Gasteiger partial charge in [0.1, 0.15) is 5.75 Å². The van der Waals surface area contributed by atoms with Gasteiger partial charge in [-0.05, 0) is 42.7 Å². The minimum Gasteiger partial charge on any atom is -0.503 e. The van der Waals surface area contributed by atoms with Crippen LogP contribution < -0.4 is 4.74 Å². The molecule has 0 saturated carbocycles. The van der Waals surface area contributed by atoms with Crippen LogP contribution in [0.2, 0.25) is 0 Å². The Morgan fingerprint density at radius 2 is 1.89 bits per heavy atom. The van der Waals surface area contributed by atoms with Crippen LogP contribution in [0.15, 0.2) is 72.0 Å². The second-order valence-electron chi connectivity index (χ2n) is 8.58. The molecule has 2 aromatic carbocycles. The molecule has 1 atom stereocenters. The summed E-state index contributed by atoms with van der Waals surface area (Å²) in [5.74, 6) is -0.730. The molecule has 1 N–H and O–H groups in total. The lowest BCUT2D eigenvalue weighted by Gasteiger charge is -2.30. The van der Waals surface area contributed by atoms with Crippen molar-refractivity contribution in [2.24, 2.45) is 0 Å². The topological polar surface area (TPSA) is 79.3 Å². The number of carbonyl (C=O) groups excluding carboxylic acids is 2. The summed E-state index contributed by atoms with van der Waals surface area (Å²) in [6.07, 6.45) is 3.84. The number of ether oxygens (including phenoxy) is 2. The molecule has 1 unspecified atom stereocenters. The molecule has 2 aromatic rings. The van der Waals surface area contributed by atoms with E-state index >= 15 is 0 Å². The van der Waals surface area contributed by atoms with Crippen molar-refractivity contribution in [3.8, 4) is 5.75 Å². The summed E-state index contributed by atoms with van der Waals surface area (Å²) < 4.78 is 11.1. The van der Waals surface area contributed by atoms with Crippen molar-refractivity contribution in [3.05, 3.63) is 83.1 Å².